The lowest BCUT2D eigenvalue weighted by Crippen LogP contribution is -2.45. The molecular weight excluding hydrogens is 596 g/mol. The van der Waals surface area contributed by atoms with Crippen LogP contribution in [-0.4, -0.2) is 107 Å². The first-order valence-corrected chi connectivity index (χ1v) is 15.8. The molecule has 1 unspecified atom stereocenters. The maximum Gasteiger partial charge on any atom is 0.255 e. The van der Waals surface area contributed by atoms with E-state index in [1.807, 2.05) is 31.2 Å². The number of benzene rings is 1. The second-order valence-electron chi connectivity index (χ2n) is 11.8. The third kappa shape index (κ3) is 6.89. The molecule has 0 saturated carbocycles. The van der Waals surface area contributed by atoms with Crippen LogP contribution in [0.15, 0.2) is 42.6 Å². The van der Waals surface area contributed by atoms with E-state index in [2.05, 4.69) is 37.4 Å². The number of carbonyl (C=O) groups is 2. The van der Waals surface area contributed by atoms with Gasteiger partial charge in [-0.2, -0.15) is 0 Å². The zero-order valence-corrected chi connectivity index (χ0v) is 26.3. The first-order valence-electron chi connectivity index (χ1n) is 15.4. The van der Waals surface area contributed by atoms with Gasteiger partial charge in [0.1, 0.15) is 12.4 Å². The molecule has 12 nitrogen and oxygen atoms in total. The molecule has 0 radical (unpaired) electrons. The molecule has 3 N–H and O–H groups in total. The number of anilines is 2. The Bertz CT molecular complexity index is 1540. The monoisotopic (exact) mass is 634 g/mol. The molecule has 2 saturated heterocycles. The van der Waals surface area contributed by atoms with Gasteiger partial charge in [-0.25, -0.2) is 15.0 Å². The normalized spacial score (nSPS) is 19.8. The van der Waals surface area contributed by atoms with Crippen molar-refractivity contribution in [3.8, 4) is 11.3 Å². The molecule has 2 amide bonds. The summed E-state index contributed by atoms with van der Waals surface area (Å²) in [6.45, 7) is 6.41. The molecule has 3 aromatic rings. The molecule has 2 fully saturated rings. The van der Waals surface area contributed by atoms with Crippen LogP contribution < -0.4 is 15.5 Å². The van der Waals surface area contributed by atoms with Gasteiger partial charge < -0.3 is 35.2 Å². The second kappa shape index (κ2) is 13.7. The molecular formula is C32H39ClN8O4. The summed E-state index contributed by atoms with van der Waals surface area (Å²) in [4.78, 5) is 46.6. The number of amides is 2. The SMILES string of the molecule is C[C@@H]1c2ccc(-c3nc(NC4CCOCC4)ncc3Cl)cc2C(=O)N1CC(=O)NC(CO)c1cccc(N2CCN(C)CC2)n1. The Hall–Kier alpha value is -3.84. The zero-order valence-electron chi connectivity index (χ0n) is 25.6. The van der Waals surface area contributed by atoms with E-state index in [-0.39, 0.29) is 37.0 Å². The number of hydrogen-bond acceptors (Lipinski definition) is 10. The van der Waals surface area contributed by atoms with Crippen LogP contribution in [0.25, 0.3) is 11.3 Å². The van der Waals surface area contributed by atoms with E-state index >= 15 is 0 Å². The van der Waals surface area contributed by atoms with Crippen molar-refractivity contribution in [2.75, 3.05) is 69.8 Å². The molecule has 0 spiro atoms. The van der Waals surface area contributed by atoms with Crippen LogP contribution in [-0.2, 0) is 9.53 Å². The van der Waals surface area contributed by atoms with Gasteiger partial charge in [-0.3, -0.25) is 9.59 Å². The van der Waals surface area contributed by atoms with E-state index < -0.39 is 6.04 Å². The topological polar surface area (TPSA) is 136 Å². The molecule has 3 aliphatic rings. The van der Waals surface area contributed by atoms with Crippen LogP contribution in [0.2, 0.25) is 5.02 Å². The van der Waals surface area contributed by atoms with Crippen molar-refractivity contribution in [2.45, 2.75) is 37.9 Å². The summed E-state index contributed by atoms with van der Waals surface area (Å²) >= 11 is 6.51. The summed E-state index contributed by atoms with van der Waals surface area (Å²) in [5.74, 6) is 0.660. The number of likely N-dealkylation sites (N-methyl/N-ethyl adjacent to an activating group) is 1. The van der Waals surface area contributed by atoms with Crippen LogP contribution in [0.5, 0.6) is 0 Å². The zero-order chi connectivity index (χ0) is 31.5. The van der Waals surface area contributed by atoms with E-state index in [0.717, 1.165) is 50.4 Å². The number of piperazine rings is 1. The Balaban J connectivity index is 1.13. The van der Waals surface area contributed by atoms with Gasteiger partial charge in [0, 0.05) is 56.6 Å². The molecule has 0 bridgehead atoms. The van der Waals surface area contributed by atoms with E-state index in [0.29, 0.717) is 46.7 Å². The number of nitrogens with zero attached hydrogens (tertiary/aromatic N) is 6. The van der Waals surface area contributed by atoms with Crippen LogP contribution >= 0.6 is 11.6 Å². The summed E-state index contributed by atoms with van der Waals surface area (Å²) < 4.78 is 5.44. The summed E-state index contributed by atoms with van der Waals surface area (Å²) in [6.07, 6.45) is 3.30. The van der Waals surface area contributed by atoms with Gasteiger partial charge in [-0.1, -0.05) is 29.8 Å². The predicted molar refractivity (Wildman–Crippen MR) is 171 cm³/mol. The van der Waals surface area contributed by atoms with Crippen LogP contribution in [0, 0.1) is 0 Å². The van der Waals surface area contributed by atoms with Crippen LogP contribution in [0.3, 0.4) is 0 Å². The van der Waals surface area contributed by atoms with Gasteiger partial charge in [0.15, 0.2) is 0 Å². The minimum absolute atomic E-state index is 0.161. The van der Waals surface area contributed by atoms with Crippen LogP contribution in [0.1, 0.15) is 53.5 Å². The summed E-state index contributed by atoms with van der Waals surface area (Å²) in [5, 5.41) is 16.8. The molecule has 6 rings (SSSR count). The quantitative estimate of drug-likeness (QED) is 0.322. The Morgan fingerprint density at radius 2 is 1.91 bits per heavy atom. The summed E-state index contributed by atoms with van der Waals surface area (Å²) in [5.41, 5.74) is 3.11. The fourth-order valence-corrected chi connectivity index (χ4v) is 6.28. The fourth-order valence-electron chi connectivity index (χ4n) is 6.08. The molecule has 45 heavy (non-hydrogen) atoms. The third-order valence-electron chi connectivity index (χ3n) is 8.81. The Labute approximate surface area is 267 Å². The lowest BCUT2D eigenvalue weighted by atomic mass is 10.0. The highest BCUT2D eigenvalue weighted by Gasteiger charge is 2.36. The highest BCUT2D eigenvalue weighted by molar-refractivity contribution is 6.33. The number of fused-ring (bicyclic) bond motifs is 1. The smallest absolute Gasteiger partial charge is 0.255 e. The lowest BCUT2D eigenvalue weighted by Gasteiger charge is -2.33. The molecule has 5 heterocycles. The number of aliphatic hydroxyl groups excluding tert-OH is 1. The van der Waals surface area contributed by atoms with Crippen molar-refractivity contribution < 1.29 is 19.4 Å². The summed E-state index contributed by atoms with van der Waals surface area (Å²) in [6, 6.07) is 10.4. The minimum atomic E-state index is -0.698. The Kier molecular flexibility index (Phi) is 9.45. The minimum Gasteiger partial charge on any atom is -0.394 e. The fraction of sp³-hybridized carbons (Fsp3) is 0.469. The number of aliphatic hydroxyl groups is 1. The van der Waals surface area contributed by atoms with E-state index in [9.17, 15) is 14.7 Å². The lowest BCUT2D eigenvalue weighted by molar-refractivity contribution is -0.123. The largest absolute Gasteiger partial charge is 0.394 e. The Morgan fingerprint density at radius 1 is 1.13 bits per heavy atom. The highest BCUT2D eigenvalue weighted by atomic mass is 35.5. The number of ether oxygens (including phenoxy) is 1. The highest BCUT2D eigenvalue weighted by Crippen LogP contribution is 2.37. The number of carbonyl (C=O) groups excluding carboxylic acids is 2. The number of rotatable bonds is 9. The molecule has 2 aromatic heterocycles. The van der Waals surface area contributed by atoms with Gasteiger partial charge in [0.25, 0.3) is 5.91 Å². The number of pyridine rings is 1. The van der Waals surface area contributed by atoms with Crippen molar-refractivity contribution in [1.29, 1.82) is 0 Å². The molecule has 3 aliphatic heterocycles. The second-order valence-corrected chi connectivity index (χ2v) is 12.3. The average molecular weight is 635 g/mol. The molecule has 0 aliphatic carbocycles. The van der Waals surface area contributed by atoms with Crippen molar-refractivity contribution >= 4 is 35.2 Å². The number of aromatic nitrogens is 3. The molecule has 13 heteroatoms. The average Bonchev–Trinajstić information content (AvgIpc) is 3.29. The molecule has 238 valence electrons. The first kappa shape index (κ1) is 31.2. The number of halogens is 1. The van der Waals surface area contributed by atoms with Gasteiger partial charge in [-0.05, 0) is 50.6 Å². The molecule has 2 atom stereocenters. The van der Waals surface area contributed by atoms with Gasteiger partial charge in [0.2, 0.25) is 11.9 Å². The predicted octanol–water partition coefficient (Wildman–Crippen LogP) is 2.90. The molecule has 1 aromatic carbocycles. The van der Waals surface area contributed by atoms with Gasteiger partial charge >= 0.3 is 0 Å². The number of hydrogen-bond donors (Lipinski definition) is 3. The van der Waals surface area contributed by atoms with Crippen molar-refractivity contribution in [3.63, 3.8) is 0 Å². The first-order chi connectivity index (χ1) is 21.8. The summed E-state index contributed by atoms with van der Waals surface area (Å²) in [7, 11) is 2.10. The van der Waals surface area contributed by atoms with Gasteiger partial charge in [-0.15, -0.1) is 0 Å². The van der Waals surface area contributed by atoms with Crippen molar-refractivity contribution in [2.24, 2.45) is 0 Å². The van der Waals surface area contributed by atoms with E-state index in [4.69, 9.17) is 21.3 Å². The van der Waals surface area contributed by atoms with Gasteiger partial charge in [0.05, 0.1) is 41.3 Å². The van der Waals surface area contributed by atoms with E-state index in [1.165, 1.54) is 4.90 Å². The van der Waals surface area contributed by atoms with E-state index in [1.54, 1.807) is 18.3 Å². The maximum absolute atomic E-state index is 13.6. The standard InChI is InChI=1S/C32H39ClN8O4/c1-20-23-7-6-21(30-25(33)17-34-32(38-30)35-22-8-14-45-15-9-22)16-24(23)31(44)41(20)18-29(43)37-27(19-42)26-4-3-5-28(36-26)40-12-10-39(2)11-13-40/h3-7,16-17,20,22,27,42H,8-15,18-19H2,1-2H3,(H,37,43)(H,34,35,38)/t20-,27?/m1/s1. The third-order valence-corrected chi connectivity index (χ3v) is 9.08. The number of nitrogens with one attached hydrogen (secondary N) is 2. The maximum atomic E-state index is 13.6. The van der Waals surface area contributed by atoms with Crippen molar-refractivity contribution in [3.05, 3.63) is 64.4 Å². The van der Waals surface area contributed by atoms with Crippen LogP contribution in [0.4, 0.5) is 11.8 Å². The Morgan fingerprint density at radius 3 is 2.67 bits per heavy atom. The van der Waals surface area contributed by atoms with Crippen molar-refractivity contribution in [1.82, 2.24) is 30.1 Å².